The zero-order valence-corrected chi connectivity index (χ0v) is 17.3. The molecule has 1 aliphatic rings. The molecule has 32 heavy (non-hydrogen) atoms. The first-order valence-corrected chi connectivity index (χ1v) is 10.4. The molecule has 0 bridgehead atoms. The number of halogens is 1. The standard InChI is InChI=1S/C24H22FN3O4/c25-16-11-9-15(10-12-16)21-13-19(18-7-3-4-8-20(18)27-21)23(30)32-14-22(29)28-24(31)26-17-5-1-2-6-17/h3-4,7-13,17H,1-2,5-6,14H2,(H2,26,28,29,31). The number of amides is 3. The summed E-state index contributed by atoms with van der Waals surface area (Å²) in [6.45, 7) is -0.598. The highest BCUT2D eigenvalue weighted by molar-refractivity contribution is 6.05. The molecule has 1 saturated carbocycles. The maximum atomic E-state index is 13.3. The van der Waals surface area contributed by atoms with Crippen molar-refractivity contribution in [1.29, 1.82) is 0 Å². The summed E-state index contributed by atoms with van der Waals surface area (Å²) in [5.41, 5.74) is 1.88. The van der Waals surface area contributed by atoms with E-state index in [9.17, 15) is 18.8 Å². The van der Waals surface area contributed by atoms with Crippen LogP contribution in [0, 0.1) is 5.82 Å². The van der Waals surface area contributed by atoms with Crippen molar-refractivity contribution in [2.24, 2.45) is 0 Å². The molecule has 7 nitrogen and oxygen atoms in total. The number of imide groups is 1. The number of nitrogens with zero attached hydrogens (tertiary/aromatic N) is 1. The Balaban J connectivity index is 1.47. The lowest BCUT2D eigenvalue weighted by atomic mass is 10.0. The van der Waals surface area contributed by atoms with Gasteiger partial charge in [0, 0.05) is 17.0 Å². The molecule has 164 valence electrons. The van der Waals surface area contributed by atoms with Crippen molar-refractivity contribution < 1.29 is 23.5 Å². The number of carbonyl (C=O) groups is 3. The highest BCUT2D eigenvalue weighted by atomic mass is 19.1. The minimum atomic E-state index is -0.724. The van der Waals surface area contributed by atoms with Crippen LogP contribution >= 0.6 is 0 Å². The zero-order chi connectivity index (χ0) is 22.5. The van der Waals surface area contributed by atoms with Crippen LogP contribution in [0.3, 0.4) is 0 Å². The van der Waals surface area contributed by atoms with Crippen LogP contribution in [0.5, 0.6) is 0 Å². The molecule has 2 aromatic carbocycles. The molecule has 2 N–H and O–H groups in total. The van der Waals surface area contributed by atoms with E-state index in [1.54, 1.807) is 42.5 Å². The zero-order valence-electron chi connectivity index (χ0n) is 17.3. The van der Waals surface area contributed by atoms with E-state index in [1.807, 2.05) is 0 Å². The average molecular weight is 435 g/mol. The van der Waals surface area contributed by atoms with Gasteiger partial charge in [0.15, 0.2) is 6.61 Å². The van der Waals surface area contributed by atoms with Crippen LogP contribution in [-0.4, -0.2) is 35.5 Å². The Morgan fingerprint density at radius 3 is 2.50 bits per heavy atom. The Morgan fingerprint density at radius 2 is 1.75 bits per heavy atom. The second-order valence-electron chi connectivity index (χ2n) is 7.66. The van der Waals surface area contributed by atoms with Crippen molar-refractivity contribution in [2.45, 2.75) is 31.7 Å². The van der Waals surface area contributed by atoms with E-state index in [2.05, 4.69) is 15.6 Å². The Kier molecular flexibility index (Phi) is 6.39. The average Bonchev–Trinajstić information content (AvgIpc) is 3.30. The Hall–Kier alpha value is -3.81. The fraction of sp³-hybridized carbons (Fsp3) is 0.250. The number of hydrogen-bond acceptors (Lipinski definition) is 5. The van der Waals surface area contributed by atoms with Crippen molar-refractivity contribution in [1.82, 2.24) is 15.6 Å². The Morgan fingerprint density at radius 1 is 1.03 bits per heavy atom. The number of para-hydroxylation sites is 1. The number of nitrogens with one attached hydrogen (secondary N) is 2. The molecule has 0 spiro atoms. The molecule has 1 aliphatic carbocycles. The lowest BCUT2D eigenvalue weighted by molar-refractivity contribution is -0.123. The summed E-state index contributed by atoms with van der Waals surface area (Å²) in [5, 5.41) is 5.47. The summed E-state index contributed by atoms with van der Waals surface area (Å²) >= 11 is 0. The van der Waals surface area contributed by atoms with Gasteiger partial charge >= 0.3 is 12.0 Å². The molecule has 3 amide bonds. The van der Waals surface area contributed by atoms with Gasteiger partial charge in [-0.1, -0.05) is 31.0 Å². The number of carbonyl (C=O) groups excluding carboxylic acids is 3. The molecule has 1 fully saturated rings. The second-order valence-corrected chi connectivity index (χ2v) is 7.66. The number of fused-ring (bicyclic) bond motifs is 1. The van der Waals surface area contributed by atoms with Gasteiger partial charge in [0.2, 0.25) is 0 Å². The normalized spacial score (nSPS) is 13.7. The molecule has 0 saturated heterocycles. The first kappa shape index (κ1) is 21.4. The van der Waals surface area contributed by atoms with E-state index >= 15 is 0 Å². The first-order valence-electron chi connectivity index (χ1n) is 10.4. The predicted octanol–water partition coefficient (Wildman–Crippen LogP) is 3.97. The van der Waals surface area contributed by atoms with E-state index in [-0.39, 0.29) is 17.4 Å². The maximum absolute atomic E-state index is 13.3. The highest BCUT2D eigenvalue weighted by Gasteiger charge is 2.20. The topological polar surface area (TPSA) is 97.4 Å². The van der Waals surface area contributed by atoms with Crippen LogP contribution in [0.4, 0.5) is 9.18 Å². The third-order valence-electron chi connectivity index (χ3n) is 5.35. The third kappa shape index (κ3) is 5.08. The van der Waals surface area contributed by atoms with Gasteiger partial charge in [-0.25, -0.2) is 19.0 Å². The third-order valence-corrected chi connectivity index (χ3v) is 5.35. The van der Waals surface area contributed by atoms with Crippen LogP contribution in [0.1, 0.15) is 36.0 Å². The summed E-state index contributed by atoms with van der Waals surface area (Å²) in [7, 11) is 0. The molecule has 8 heteroatoms. The summed E-state index contributed by atoms with van der Waals surface area (Å²) in [6.07, 6.45) is 3.89. The molecule has 1 aromatic heterocycles. The predicted molar refractivity (Wildman–Crippen MR) is 116 cm³/mol. The highest BCUT2D eigenvalue weighted by Crippen LogP contribution is 2.25. The Labute approximate surface area is 184 Å². The lowest BCUT2D eigenvalue weighted by Crippen LogP contribution is -2.45. The number of benzene rings is 2. The van der Waals surface area contributed by atoms with Crippen molar-refractivity contribution in [3.05, 3.63) is 66.0 Å². The van der Waals surface area contributed by atoms with E-state index in [4.69, 9.17) is 4.74 Å². The monoisotopic (exact) mass is 435 g/mol. The molecule has 0 radical (unpaired) electrons. The van der Waals surface area contributed by atoms with Crippen LogP contribution in [0.2, 0.25) is 0 Å². The van der Waals surface area contributed by atoms with Gasteiger partial charge in [-0.15, -0.1) is 0 Å². The van der Waals surface area contributed by atoms with E-state index < -0.39 is 24.5 Å². The minimum absolute atomic E-state index is 0.0680. The van der Waals surface area contributed by atoms with Crippen molar-refractivity contribution in [3.63, 3.8) is 0 Å². The number of pyridine rings is 1. The number of rotatable bonds is 5. The van der Waals surface area contributed by atoms with Gasteiger partial charge in [0.1, 0.15) is 5.82 Å². The van der Waals surface area contributed by atoms with Gasteiger partial charge in [0.25, 0.3) is 5.91 Å². The SMILES string of the molecule is O=C(COC(=O)c1cc(-c2ccc(F)cc2)nc2ccccc12)NC(=O)NC1CCCC1. The molecule has 1 heterocycles. The van der Waals surface area contributed by atoms with Crippen molar-refractivity contribution in [2.75, 3.05) is 6.61 Å². The summed E-state index contributed by atoms with van der Waals surface area (Å²) in [5.74, 6) is -1.82. The summed E-state index contributed by atoms with van der Waals surface area (Å²) in [4.78, 5) is 41.3. The maximum Gasteiger partial charge on any atom is 0.339 e. The fourth-order valence-corrected chi connectivity index (χ4v) is 3.78. The largest absolute Gasteiger partial charge is 0.452 e. The number of hydrogen-bond donors (Lipinski definition) is 2. The molecular formula is C24H22FN3O4. The smallest absolute Gasteiger partial charge is 0.339 e. The number of esters is 1. The van der Waals surface area contributed by atoms with Gasteiger partial charge in [-0.2, -0.15) is 0 Å². The van der Waals surface area contributed by atoms with Crippen molar-refractivity contribution in [3.8, 4) is 11.3 Å². The number of aromatic nitrogens is 1. The van der Waals surface area contributed by atoms with Crippen molar-refractivity contribution >= 4 is 28.8 Å². The van der Waals surface area contributed by atoms with Gasteiger partial charge in [-0.05, 0) is 49.2 Å². The summed E-state index contributed by atoms with van der Waals surface area (Å²) in [6, 6.07) is 13.8. The van der Waals surface area contributed by atoms with E-state index in [1.165, 1.54) is 12.1 Å². The van der Waals surface area contributed by atoms with Gasteiger partial charge in [0.05, 0.1) is 16.8 Å². The minimum Gasteiger partial charge on any atom is -0.452 e. The van der Waals surface area contributed by atoms with E-state index in [0.29, 0.717) is 22.2 Å². The second kappa shape index (κ2) is 9.55. The Bertz CT molecular complexity index is 1160. The molecule has 0 unspecified atom stereocenters. The van der Waals surface area contributed by atoms with Gasteiger partial charge < -0.3 is 10.1 Å². The summed E-state index contributed by atoms with van der Waals surface area (Å²) < 4.78 is 18.4. The van der Waals surface area contributed by atoms with E-state index in [0.717, 1.165) is 25.7 Å². The number of urea groups is 1. The fourth-order valence-electron chi connectivity index (χ4n) is 3.78. The van der Waals surface area contributed by atoms with Crippen LogP contribution in [0.15, 0.2) is 54.6 Å². The quantitative estimate of drug-likeness (QED) is 0.591. The van der Waals surface area contributed by atoms with Crippen LogP contribution in [0.25, 0.3) is 22.2 Å². The lowest BCUT2D eigenvalue weighted by Gasteiger charge is -2.13. The first-order chi connectivity index (χ1) is 15.5. The molecular weight excluding hydrogens is 413 g/mol. The molecule has 3 aromatic rings. The molecule has 0 atom stereocenters. The van der Waals surface area contributed by atoms with Crippen LogP contribution < -0.4 is 10.6 Å². The number of ether oxygens (including phenoxy) is 1. The molecule has 4 rings (SSSR count). The van der Waals surface area contributed by atoms with Gasteiger partial charge in [-0.3, -0.25) is 10.1 Å². The molecule has 0 aliphatic heterocycles. The van der Waals surface area contributed by atoms with Crippen LogP contribution in [-0.2, 0) is 9.53 Å².